The summed E-state index contributed by atoms with van der Waals surface area (Å²) in [5.74, 6) is 1.22. The Kier molecular flexibility index (Phi) is 5.72. The quantitative estimate of drug-likeness (QED) is 0.326. The van der Waals surface area contributed by atoms with Crippen molar-refractivity contribution in [3.63, 3.8) is 0 Å². The van der Waals surface area contributed by atoms with Crippen LogP contribution in [0.5, 0.6) is 0 Å². The molecule has 0 radical (unpaired) electrons. The summed E-state index contributed by atoms with van der Waals surface area (Å²) in [6, 6.07) is 0. The number of hydrogen-bond donors (Lipinski definition) is 1. The van der Waals surface area contributed by atoms with Crippen LogP contribution in [0.3, 0.4) is 0 Å². The lowest BCUT2D eigenvalue weighted by Gasteiger charge is -1.73. The minimum atomic E-state index is 0.412. The van der Waals surface area contributed by atoms with Crippen LogP contribution in [0.2, 0.25) is 0 Å². The summed E-state index contributed by atoms with van der Waals surface area (Å²) in [5, 5.41) is 2.26. The Morgan fingerprint density at radius 1 is 2.00 bits per heavy atom. The third-order valence-electron chi connectivity index (χ3n) is 0.231. The van der Waals surface area contributed by atoms with E-state index in [4.69, 9.17) is 0 Å². The fourth-order valence-corrected chi connectivity index (χ4v) is 0.471. The van der Waals surface area contributed by atoms with E-state index in [-0.39, 0.29) is 0 Å². The molecule has 0 aromatic rings. The monoisotopic (exact) mass is 125 g/mol. The largest absolute Gasteiger partial charge is 0.175 e. The van der Waals surface area contributed by atoms with Gasteiger partial charge in [-0.1, -0.05) is 18.3 Å². The van der Waals surface area contributed by atoms with E-state index in [9.17, 15) is 4.48 Å². The standard InChI is InChI=1S/C2H5FNPS/c3-4-1-5-2-6/h1,5-6H,2H2. The van der Waals surface area contributed by atoms with E-state index in [1.807, 2.05) is 0 Å². The molecule has 0 aliphatic heterocycles. The minimum Gasteiger partial charge on any atom is -0.175 e. The molecule has 0 fully saturated rings. The van der Waals surface area contributed by atoms with Gasteiger partial charge in [0.2, 0.25) is 0 Å². The van der Waals surface area contributed by atoms with Crippen LogP contribution < -0.4 is 0 Å². The maximum Gasteiger partial charge on any atom is 0.0581 e. The van der Waals surface area contributed by atoms with Crippen LogP contribution in [0.4, 0.5) is 4.48 Å². The van der Waals surface area contributed by atoms with E-state index in [2.05, 4.69) is 17.8 Å². The van der Waals surface area contributed by atoms with Crippen LogP contribution in [0, 0.1) is 0 Å². The Bertz CT molecular complexity index is 48.8. The summed E-state index contributed by atoms with van der Waals surface area (Å²) in [4.78, 5) is 0. The molecule has 0 saturated heterocycles. The normalized spacial score (nSPS) is 12.3. The highest BCUT2D eigenvalue weighted by atomic mass is 32.1. The summed E-state index contributed by atoms with van der Waals surface area (Å²) in [7, 11) is 0.412. The number of nitrogens with zero attached hydrogens (tertiary/aromatic N) is 1. The molecule has 0 bridgehead atoms. The Labute approximate surface area is 43.2 Å². The number of halogens is 1. The molecular formula is C2H5FNPS. The van der Waals surface area contributed by atoms with Crippen LogP contribution in [0.25, 0.3) is 0 Å². The number of thiol groups is 1. The first kappa shape index (κ1) is 6.38. The van der Waals surface area contributed by atoms with Crippen molar-refractivity contribution in [1.29, 1.82) is 0 Å². The van der Waals surface area contributed by atoms with Crippen molar-refractivity contribution >= 4 is 27.2 Å². The molecule has 0 aromatic heterocycles. The first-order valence-corrected chi connectivity index (χ1v) is 3.30. The third kappa shape index (κ3) is 4.38. The van der Waals surface area contributed by atoms with Gasteiger partial charge < -0.3 is 0 Å². The van der Waals surface area contributed by atoms with Crippen LogP contribution >= 0.6 is 21.2 Å². The molecule has 0 aliphatic carbocycles. The van der Waals surface area contributed by atoms with Gasteiger partial charge in [0, 0.05) is 5.49 Å². The Balaban J connectivity index is 2.66. The van der Waals surface area contributed by atoms with E-state index in [1.165, 1.54) is 5.96 Å². The summed E-state index contributed by atoms with van der Waals surface area (Å²) >= 11 is 3.81. The molecule has 6 heavy (non-hydrogen) atoms. The second kappa shape index (κ2) is 5.38. The van der Waals surface area contributed by atoms with Crippen molar-refractivity contribution in [2.24, 2.45) is 5.21 Å². The van der Waals surface area contributed by atoms with Crippen molar-refractivity contribution < 1.29 is 4.48 Å². The van der Waals surface area contributed by atoms with Gasteiger partial charge in [-0.2, -0.15) is 12.6 Å². The summed E-state index contributed by atoms with van der Waals surface area (Å²) in [6.45, 7) is 0. The molecule has 1 nitrogen and oxygen atoms in total. The topological polar surface area (TPSA) is 12.4 Å². The molecular weight excluding hydrogens is 120 g/mol. The van der Waals surface area contributed by atoms with Crippen LogP contribution in [-0.4, -0.2) is 11.4 Å². The van der Waals surface area contributed by atoms with Crippen molar-refractivity contribution in [2.75, 3.05) is 5.49 Å². The summed E-state index contributed by atoms with van der Waals surface area (Å²) in [6.07, 6.45) is 0. The van der Waals surface area contributed by atoms with Crippen molar-refractivity contribution in [3.8, 4) is 0 Å². The lowest BCUT2D eigenvalue weighted by atomic mass is 11.7. The first-order valence-electron chi connectivity index (χ1n) is 1.39. The Hall–Kier alpha value is 0.380. The molecule has 0 rings (SSSR count). The molecule has 1 atom stereocenters. The fraction of sp³-hybridized carbons (Fsp3) is 0.500. The van der Waals surface area contributed by atoms with Crippen molar-refractivity contribution in [1.82, 2.24) is 0 Å². The molecule has 0 saturated carbocycles. The van der Waals surface area contributed by atoms with E-state index in [1.54, 1.807) is 0 Å². The van der Waals surface area contributed by atoms with Crippen LogP contribution in [0.15, 0.2) is 5.21 Å². The number of hydrogen-bond acceptors (Lipinski definition) is 2. The van der Waals surface area contributed by atoms with E-state index < -0.39 is 0 Å². The van der Waals surface area contributed by atoms with Gasteiger partial charge in [0.05, 0.1) is 5.96 Å². The zero-order valence-electron chi connectivity index (χ0n) is 3.06. The molecule has 0 aromatic carbocycles. The van der Waals surface area contributed by atoms with Gasteiger partial charge in [0.1, 0.15) is 0 Å². The molecule has 0 heterocycles. The Morgan fingerprint density at radius 3 is 2.83 bits per heavy atom. The van der Waals surface area contributed by atoms with E-state index >= 15 is 0 Å². The fourth-order valence-electron chi connectivity index (χ4n) is 0.0753. The first-order chi connectivity index (χ1) is 2.91. The lowest BCUT2D eigenvalue weighted by Crippen LogP contribution is -1.52. The average molecular weight is 125 g/mol. The predicted octanol–water partition coefficient (Wildman–Crippen LogP) is 1.47. The number of rotatable bonds is 2. The van der Waals surface area contributed by atoms with Gasteiger partial charge in [0.15, 0.2) is 0 Å². The molecule has 4 heteroatoms. The maximum absolute atomic E-state index is 10.7. The van der Waals surface area contributed by atoms with Crippen molar-refractivity contribution in [2.45, 2.75) is 0 Å². The molecule has 36 valence electrons. The highest BCUT2D eigenvalue weighted by Gasteiger charge is 1.67. The van der Waals surface area contributed by atoms with Gasteiger partial charge in [-0.3, -0.25) is 0 Å². The van der Waals surface area contributed by atoms with E-state index in [0.29, 0.717) is 14.1 Å². The summed E-state index contributed by atoms with van der Waals surface area (Å²) in [5.41, 5.74) is 0.688. The van der Waals surface area contributed by atoms with Gasteiger partial charge in [-0.15, -0.1) is 0 Å². The minimum absolute atomic E-state index is 0.412. The average Bonchev–Trinajstić information content (AvgIpc) is 1.61. The zero-order chi connectivity index (χ0) is 4.83. The highest BCUT2D eigenvalue weighted by Crippen LogP contribution is 2.04. The zero-order valence-corrected chi connectivity index (χ0v) is 4.95. The van der Waals surface area contributed by atoms with Crippen LogP contribution in [0.1, 0.15) is 0 Å². The maximum atomic E-state index is 10.7. The SMILES string of the molecule is FN=CPCS. The second-order valence-electron chi connectivity index (χ2n) is 0.589. The smallest absolute Gasteiger partial charge is 0.0581 e. The third-order valence-corrected chi connectivity index (χ3v) is 1.24. The predicted molar refractivity (Wildman–Crippen MR) is 31.8 cm³/mol. The Morgan fingerprint density at radius 2 is 2.67 bits per heavy atom. The lowest BCUT2D eigenvalue weighted by molar-refractivity contribution is 0.543. The van der Waals surface area contributed by atoms with Gasteiger partial charge in [-0.25, -0.2) is 0 Å². The van der Waals surface area contributed by atoms with Crippen LogP contribution in [-0.2, 0) is 0 Å². The molecule has 0 N–H and O–H groups in total. The van der Waals surface area contributed by atoms with Crippen molar-refractivity contribution in [3.05, 3.63) is 0 Å². The second-order valence-corrected chi connectivity index (χ2v) is 2.52. The van der Waals surface area contributed by atoms with Gasteiger partial charge in [0.25, 0.3) is 0 Å². The summed E-state index contributed by atoms with van der Waals surface area (Å²) < 4.78 is 10.7. The van der Waals surface area contributed by atoms with Gasteiger partial charge >= 0.3 is 0 Å². The van der Waals surface area contributed by atoms with E-state index in [0.717, 1.165) is 0 Å². The highest BCUT2D eigenvalue weighted by molar-refractivity contribution is 7.88. The molecule has 1 unspecified atom stereocenters. The molecule has 0 aliphatic rings. The molecule has 0 amide bonds. The molecule has 0 spiro atoms. The van der Waals surface area contributed by atoms with Gasteiger partial charge in [-0.05, 0) is 0 Å².